The van der Waals surface area contributed by atoms with E-state index in [-0.39, 0.29) is 28.3 Å². The monoisotopic (exact) mass is 514 g/mol. The van der Waals surface area contributed by atoms with E-state index < -0.39 is 21.6 Å². The van der Waals surface area contributed by atoms with E-state index in [0.29, 0.717) is 24.3 Å². The van der Waals surface area contributed by atoms with Gasteiger partial charge < -0.3 is 15.5 Å². The number of piperidine rings is 1. The fourth-order valence-electron chi connectivity index (χ4n) is 5.15. The number of nitrogens with two attached hydrogens (primary N) is 1. The molecular weight excluding hydrogens is 483 g/mol. The maximum absolute atomic E-state index is 14.7. The lowest BCUT2D eigenvalue weighted by Gasteiger charge is -2.35. The highest BCUT2D eigenvalue weighted by Crippen LogP contribution is 2.33. The van der Waals surface area contributed by atoms with Gasteiger partial charge in [0.25, 0.3) is 5.91 Å². The van der Waals surface area contributed by atoms with Gasteiger partial charge in [-0.1, -0.05) is 6.92 Å². The van der Waals surface area contributed by atoms with E-state index in [2.05, 4.69) is 4.90 Å². The topological polar surface area (TPSA) is 114 Å². The van der Waals surface area contributed by atoms with Crippen LogP contribution in [0, 0.1) is 12.7 Å². The molecule has 11 heteroatoms. The zero-order valence-electron chi connectivity index (χ0n) is 20.5. The summed E-state index contributed by atoms with van der Waals surface area (Å²) in [7, 11) is -3.58. The van der Waals surface area contributed by atoms with Crippen molar-refractivity contribution in [2.24, 2.45) is 5.73 Å². The molecule has 3 aromatic rings. The van der Waals surface area contributed by atoms with E-state index >= 15 is 0 Å². The van der Waals surface area contributed by atoms with E-state index in [0.717, 1.165) is 55.9 Å². The molecule has 2 atom stereocenters. The maximum atomic E-state index is 14.7. The second kappa shape index (κ2) is 9.44. The van der Waals surface area contributed by atoms with Crippen LogP contribution < -0.4 is 10.6 Å². The predicted molar refractivity (Wildman–Crippen MR) is 134 cm³/mol. The van der Waals surface area contributed by atoms with Crippen molar-refractivity contribution in [3.8, 4) is 0 Å². The lowest BCUT2D eigenvalue weighted by molar-refractivity contribution is 0.0600. The second-order valence-electron chi connectivity index (χ2n) is 9.67. The van der Waals surface area contributed by atoms with E-state index in [1.165, 1.54) is 13.0 Å². The normalized spacial score (nSPS) is 20.9. The van der Waals surface area contributed by atoms with Crippen LogP contribution in [0.15, 0.2) is 35.4 Å². The largest absolute Gasteiger partial charge is 0.355 e. The Kier molecular flexibility index (Phi) is 6.46. The molecule has 0 bridgehead atoms. The van der Waals surface area contributed by atoms with Crippen LogP contribution in [0.25, 0.3) is 5.65 Å². The van der Waals surface area contributed by atoms with Gasteiger partial charge in [-0.25, -0.2) is 22.3 Å². The number of fused-ring (bicyclic) bond motifs is 1. The van der Waals surface area contributed by atoms with Crippen molar-refractivity contribution < 1.29 is 17.6 Å². The number of carbonyl (C=O) groups excluding carboxylic acids is 1. The Morgan fingerprint density at radius 2 is 2.00 bits per heavy atom. The standard InChI is InChI=1S/C25H31FN6O3S/c1-3-36(34,35)18-7-8-20(26)19(12-18)25(33)31-10-5-4-6-22(31)21-13-23-28-24(16(2)14-32(23)29-21)30-11-9-17(27)15-30/h7-8,12-14,17,22H,3-6,9-11,15,27H2,1-2H3/t17-,22-/m0/s1. The third-order valence-corrected chi connectivity index (χ3v) is 8.89. The van der Waals surface area contributed by atoms with Crippen LogP contribution in [-0.4, -0.2) is 65.3 Å². The van der Waals surface area contributed by atoms with Gasteiger partial charge in [0.2, 0.25) is 0 Å². The van der Waals surface area contributed by atoms with Gasteiger partial charge in [0.15, 0.2) is 15.5 Å². The first-order valence-corrected chi connectivity index (χ1v) is 14.0. The van der Waals surface area contributed by atoms with Gasteiger partial charge in [-0.3, -0.25) is 4.79 Å². The summed E-state index contributed by atoms with van der Waals surface area (Å²) in [6.45, 7) is 5.56. The number of sulfone groups is 1. The zero-order chi connectivity index (χ0) is 25.6. The number of nitrogens with zero attached hydrogens (tertiary/aromatic N) is 5. The number of aromatic nitrogens is 3. The Morgan fingerprint density at radius 3 is 2.72 bits per heavy atom. The molecule has 1 aromatic carbocycles. The Bertz CT molecular complexity index is 1420. The number of rotatable bonds is 5. The predicted octanol–water partition coefficient (Wildman–Crippen LogP) is 2.88. The maximum Gasteiger partial charge on any atom is 0.257 e. The molecule has 0 saturated carbocycles. The van der Waals surface area contributed by atoms with Crippen molar-refractivity contribution in [3.63, 3.8) is 0 Å². The second-order valence-corrected chi connectivity index (χ2v) is 11.9. The molecule has 2 fully saturated rings. The van der Waals surface area contributed by atoms with E-state index in [1.54, 1.807) is 9.42 Å². The summed E-state index contributed by atoms with van der Waals surface area (Å²) >= 11 is 0. The first kappa shape index (κ1) is 24.6. The summed E-state index contributed by atoms with van der Waals surface area (Å²) in [6, 6.07) is 5.07. The average Bonchev–Trinajstić information content (AvgIpc) is 3.48. The summed E-state index contributed by atoms with van der Waals surface area (Å²) < 4.78 is 41.1. The Hall–Kier alpha value is -3.05. The van der Waals surface area contributed by atoms with Gasteiger partial charge in [0, 0.05) is 43.5 Å². The first-order chi connectivity index (χ1) is 17.2. The number of likely N-dealkylation sites (tertiary alicyclic amines) is 1. The van der Waals surface area contributed by atoms with Crippen molar-refractivity contribution in [2.75, 3.05) is 30.3 Å². The van der Waals surface area contributed by atoms with E-state index in [1.807, 2.05) is 19.2 Å². The molecular formula is C25H31FN6O3S. The molecule has 192 valence electrons. The molecule has 2 aliphatic rings. The van der Waals surface area contributed by atoms with Gasteiger partial charge in [-0.15, -0.1) is 0 Å². The molecule has 0 aliphatic carbocycles. The van der Waals surface area contributed by atoms with Crippen LogP contribution in [0.2, 0.25) is 0 Å². The van der Waals surface area contributed by atoms with Crippen molar-refractivity contribution in [2.45, 2.75) is 56.5 Å². The average molecular weight is 515 g/mol. The number of halogens is 1. The summed E-state index contributed by atoms with van der Waals surface area (Å²) in [5.74, 6) is -0.509. The van der Waals surface area contributed by atoms with E-state index in [4.69, 9.17) is 15.8 Å². The minimum atomic E-state index is -3.58. The molecule has 2 N–H and O–H groups in total. The third-order valence-electron chi connectivity index (χ3n) is 7.16. The lowest BCUT2D eigenvalue weighted by atomic mass is 9.98. The molecule has 0 radical (unpaired) electrons. The van der Waals surface area contributed by atoms with Crippen LogP contribution in [0.5, 0.6) is 0 Å². The highest BCUT2D eigenvalue weighted by Gasteiger charge is 2.33. The van der Waals surface area contributed by atoms with Gasteiger partial charge in [-0.05, 0) is 50.8 Å². The number of hydrogen-bond donors (Lipinski definition) is 1. The quantitative estimate of drug-likeness (QED) is 0.521. The molecule has 1 amide bonds. The number of hydrogen-bond acceptors (Lipinski definition) is 7. The van der Waals surface area contributed by atoms with Gasteiger partial charge in [0.05, 0.1) is 27.9 Å². The van der Waals surface area contributed by atoms with Gasteiger partial charge in [0.1, 0.15) is 11.6 Å². The lowest BCUT2D eigenvalue weighted by Crippen LogP contribution is -2.39. The first-order valence-electron chi connectivity index (χ1n) is 12.4. The Labute approximate surface area is 210 Å². The SMILES string of the molecule is CCS(=O)(=O)c1ccc(F)c(C(=O)N2CCCC[C@H]2c2cc3nc(N4CC[C@H](N)C4)c(C)cn3n2)c1. The highest BCUT2D eigenvalue weighted by molar-refractivity contribution is 7.91. The minimum absolute atomic E-state index is 0.0510. The molecule has 0 spiro atoms. The van der Waals surface area contributed by atoms with Crippen LogP contribution in [0.3, 0.4) is 0 Å². The minimum Gasteiger partial charge on any atom is -0.355 e. The number of carbonyl (C=O) groups is 1. The molecule has 0 unspecified atom stereocenters. The van der Waals surface area contributed by atoms with Crippen molar-refractivity contribution in [1.29, 1.82) is 0 Å². The number of benzene rings is 1. The Morgan fingerprint density at radius 1 is 1.19 bits per heavy atom. The van der Waals surface area contributed by atoms with Crippen LogP contribution in [0.1, 0.15) is 60.3 Å². The molecule has 2 aromatic heterocycles. The summed E-state index contributed by atoms with van der Waals surface area (Å²) in [5, 5.41) is 4.73. The fraction of sp³-hybridized carbons (Fsp3) is 0.480. The zero-order valence-corrected chi connectivity index (χ0v) is 21.3. The van der Waals surface area contributed by atoms with Gasteiger partial charge >= 0.3 is 0 Å². The molecule has 36 heavy (non-hydrogen) atoms. The third kappa shape index (κ3) is 4.45. The number of amides is 1. The van der Waals surface area contributed by atoms with Crippen molar-refractivity contribution >= 4 is 27.2 Å². The van der Waals surface area contributed by atoms with Crippen molar-refractivity contribution in [1.82, 2.24) is 19.5 Å². The Balaban J connectivity index is 1.48. The molecule has 4 heterocycles. The summed E-state index contributed by atoms with van der Waals surface area (Å²) in [6.07, 6.45) is 5.21. The molecule has 9 nitrogen and oxygen atoms in total. The van der Waals surface area contributed by atoms with Crippen LogP contribution >= 0.6 is 0 Å². The van der Waals surface area contributed by atoms with Crippen molar-refractivity contribution in [3.05, 3.63) is 53.1 Å². The molecule has 2 saturated heterocycles. The van der Waals surface area contributed by atoms with Crippen LogP contribution in [-0.2, 0) is 9.84 Å². The summed E-state index contributed by atoms with van der Waals surface area (Å²) in [4.78, 5) is 22.1. The van der Waals surface area contributed by atoms with Crippen LogP contribution in [0.4, 0.5) is 10.2 Å². The van der Waals surface area contributed by atoms with Gasteiger partial charge in [-0.2, -0.15) is 5.10 Å². The molecule has 5 rings (SSSR count). The summed E-state index contributed by atoms with van der Waals surface area (Å²) in [5.41, 5.74) is 8.19. The number of aryl methyl sites for hydroxylation is 1. The molecule has 2 aliphatic heterocycles. The smallest absolute Gasteiger partial charge is 0.257 e. The number of anilines is 1. The fourth-order valence-corrected chi connectivity index (χ4v) is 6.05. The van der Waals surface area contributed by atoms with E-state index in [9.17, 15) is 17.6 Å². The highest BCUT2D eigenvalue weighted by atomic mass is 32.2.